The second-order valence-corrected chi connectivity index (χ2v) is 7.35. The van der Waals surface area contributed by atoms with Crippen molar-refractivity contribution in [3.63, 3.8) is 0 Å². The van der Waals surface area contributed by atoms with Crippen molar-refractivity contribution in [3.05, 3.63) is 66.5 Å². The largest absolute Gasteiger partial charge is 0.379 e. The maximum absolute atomic E-state index is 12.4. The van der Waals surface area contributed by atoms with Gasteiger partial charge < -0.3 is 20.9 Å². The van der Waals surface area contributed by atoms with Crippen molar-refractivity contribution in [2.24, 2.45) is 0 Å². The minimum absolute atomic E-state index is 0.0411. The number of hydrogen-bond donors (Lipinski definition) is 3. The molecular weight excluding hydrogens is 404 g/mol. The van der Waals surface area contributed by atoms with Gasteiger partial charge in [-0.3, -0.25) is 14.8 Å². The molecule has 0 unspecified atom stereocenters. The third-order valence-electron chi connectivity index (χ3n) is 4.65. The first-order valence-electron chi connectivity index (χ1n) is 10.0. The molecule has 1 amide bonds. The lowest BCUT2D eigenvalue weighted by molar-refractivity contribution is -0.115. The minimum atomic E-state index is -0.243. The Morgan fingerprint density at radius 1 is 1.00 bits per heavy atom. The first-order chi connectivity index (χ1) is 15.3. The summed E-state index contributed by atoms with van der Waals surface area (Å²) in [6.07, 6.45) is 8.25. The third-order valence-corrected chi connectivity index (χ3v) is 4.65. The van der Waals surface area contributed by atoms with Gasteiger partial charge >= 0.3 is 0 Å². The first kappa shape index (κ1) is 22.5. The van der Waals surface area contributed by atoms with E-state index in [1.54, 1.807) is 44.0 Å². The molecule has 32 heavy (non-hydrogen) atoms. The van der Waals surface area contributed by atoms with Crippen LogP contribution in [0, 0.1) is 5.41 Å². The number of rotatable bonds is 8. The van der Waals surface area contributed by atoms with E-state index in [1.807, 2.05) is 44.1 Å². The Labute approximate surface area is 187 Å². The van der Waals surface area contributed by atoms with E-state index in [-0.39, 0.29) is 12.5 Å². The monoisotopic (exact) mass is 430 g/mol. The summed E-state index contributed by atoms with van der Waals surface area (Å²) in [6.45, 7) is 3.59. The van der Waals surface area contributed by atoms with Crippen LogP contribution in [0.2, 0.25) is 0 Å². The summed E-state index contributed by atoms with van der Waals surface area (Å²) in [5, 5.41) is 14.0. The van der Waals surface area contributed by atoms with E-state index in [0.717, 1.165) is 22.6 Å². The van der Waals surface area contributed by atoms with E-state index in [9.17, 15) is 4.79 Å². The lowest BCUT2D eigenvalue weighted by atomic mass is 10.0. The van der Waals surface area contributed by atoms with Gasteiger partial charge in [0.15, 0.2) is 0 Å². The fourth-order valence-corrected chi connectivity index (χ4v) is 3.07. The molecule has 9 heteroatoms. The highest BCUT2D eigenvalue weighted by atomic mass is 16.1. The topological polar surface area (TPSA) is 120 Å². The summed E-state index contributed by atoms with van der Waals surface area (Å²) in [5.74, 6) is 1.03. The number of hydrogen-bond acceptors (Lipinski definition) is 8. The maximum Gasteiger partial charge on any atom is 0.244 e. The van der Waals surface area contributed by atoms with Crippen LogP contribution in [0.4, 0.5) is 11.6 Å². The van der Waals surface area contributed by atoms with Crippen molar-refractivity contribution >= 4 is 28.8 Å². The molecule has 0 radical (unpaired) electrons. The molecular formula is C23H26N8O. The maximum atomic E-state index is 12.4. The lowest BCUT2D eigenvalue weighted by Crippen LogP contribution is -2.28. The van der Waals surface area contributed by atoms with Crippen LogP contribution in [-0.4, -0.2) is 52.2 Å². The zero-order valence-electron chi connectivity index (χ0n) is 18.5. The highest BCUT2D eigenvalue weighted by molar-refractivity contribution is 6.21. The quantitative estimate of drug-likeness (QED) is 0.470. The van der Waals surface area contributed by atoms with Crippen LogP contribution >= 0.6 is 0 Å². The summed E-state index contributed by atoms with van der Waals surface area (Å²) >= 11 is 0. The molecule has 9 nitrogen and oxygen atoms in total. The number of aromatic nitrogens is 4. The molecule has 3 rings (SSSR count). The van der Waals surface area contributed by atoms with Gasteiger partial charge in [0.25, 0.3) is 0 Å². The molecule has 0 bridgehead atoms. The Kier molecular flexibility index (Phi) is 7.22. The van der Waals surface area contributed by atoms with Crippen LogP contribution in [0.15, 0.2) is 60.9 Å². The third kappa shape index (κ3) is 5.72. The smallest absolute Gasteiger partial charge is 0.244 e. The second kappa shape index (κ2) is 10.3. The molecule has 3 N–H and O–H groups in total. The van der Waals surface area contributed by atoms with Gasteiger partial charge in [0, 0.05) is 67.0 Å². The number of nitrogens with zero attached hydrogens (tertiary/aromatic N) is 5. The lowest BCUT2D eigenvalue weighted by Gasteiger charge is -2.15. The Hall–Kier alpha value is -4.14. The van der Waals surface area contributed by atoms with Crippen LogP contribution in [0.25, 0.3) is 16.8 Å². The van der Waals surface area contributed by atoms with Gasteiger partial charge in [0.1, 0.15) is 11.6 Å². The van der Waals surface area contributed by atoms with E-state index in [4.69, 9.17) is 5.41 Å². The molecule has 3 aromatic rings. The highest BCUT2D eigenvalue weighted by Gasteiger charge is 2.12. The van der Waals surface area contributed by atoms with Gasteiger partial charge in [-0.1, -0.05) is 0 Å². The van der Waals surface area contributed by atoms with Crippen molar-refractivity contribution in [2.75, 3.05) is 30.9 Å². The van der Waals surface area contributed by atoms with Crippen molar-refractivity contribution in [1.82, 2.24) is 25.3 Å². The Balaban J connectivity index is 1.64. The highest BCUT2D eigenvalue weighted by Crippen LogP contribution is 2.20. The molecule has 0 aliphatic rings. The van der Waals surface area contributed by atoms with Gasteiger partial charge in [-0.05, 0) is 38.1 Å². The zero-order valence-corrected chi connectivity index (χ0v) is 18.5. The molecule has 0 saturated heterocycles. The molecule has 0 aliphatic heterocycles. The second-order valence-electron chi connectivity index (χ2n) is 7.35. The van der Waals surface area contributed by atoms with Gasteiger partial charge in [-0.15, -0.1) is 0 Å². The van der Waals surface area contributed by atoms with Crippen molar-refractivity contribution in [2.45, 2.75) is 13.8 Å². The van der Waals surface area contributed by atoms with Gasteiger partial charge in [-0.2, -0.15) is 0 Å². The average Bonchev–Trinajstić information content (AvgIpc) is 2.79. The zero-order chi connectivity index (χ0) is 23.1. The predicted octanol–water partition coefficient (Wildman–Crippen LogP) is 3.00. The van der Waals surface area contributed by atoms with Gasteiger partial charge in [0.2, 0.25) is 5.91 Å². The van der Waals surface area contributed by atoms with E-state index >= 15 is 0 Å². The Morgan fingerprint density at radius 3 is 2.38 bits per heavy atom. The van der Waals surface area contributed by atoms with E-state index in [2.05, 4.69) is 30.6 Å². The summed E-state index contributed by atoms with van der Waals surface area (Å²) in [7, 11) is 3.84. The molecule has 164 valence electrons. The summed E-state index contributed by atoms with van der Waals surface area (Å²) in [6, 6.07) is 7.36. The van der Waals surface area contributed by atoms with Crippen LogP contribution in [0.5, 0.6) is 0 Å². The van der Waals surface area contributed by atoms with E-state index in [0.29, 0.717) is 22.8 Å². The summed E-state index contributed by atoms with van der Waals surface area (Å²) < 4.78 is 0. The standard InChI is InChI=1S/C23H26N8O/c1-15(24)23(18-6-8-21(29-12-18)31(3)4)16(2)27-14-22(32)30-20-7-5-17(11-28-20)19-13-25-9-10-26-19/h5-13,24,27H,14H2,1-4H3,(H,28,30,32)/b23-16+,24-15?. The van der Waals surface area contributed by atoms with Crippen LogP contribution < -0.4 is 15.5 Å². The number of carbonyl (C=O) groups is 1. The number of pyridine rings is 2. The minimum Gasteiger partial charge on any atom is -0.379 e. The number of anilines is 2. The van der Waals surface area contributed by atoms with E-state index in [1.165, 1.54) is 0 Å². The van der Waals surface area contributed by atoms with Crippen LogP contribution in [0.3, 0.4) is 0 Å². The van der Waals surface area contributed by atoms with E-state index < -0.39 is 0 Å². The fraction of sp³-hybridized carbons (Fsp3) is 0.217. The summed E-state index contributed by atoms with van der Waals surface area (Å²) in [5.41, 5.74) is 4.15. The molecule has 3 aromatic heterocycles. The van der Waals surface area contributed by atoms with Crippen molar-refractivity contribution in [3.8, 4) is 11.3 Å². The first-order valence-corrected chi connectivity index (χ1v) is 10.0. The van der Waals surface area contributed by atoms with Gasteiger partial charge in [0.05, 0.1) is 18.4 Å². The molecule has 0 saturated carbocycles. The molecule has 0 fully saturated rings. The molecule has 0 aromatic carbocycles. The van der Waals surface area contributed by atoms with Crippen molar-refractivity contribution < 1.29 is 4.79 Å². The SMILES string of the molecule is CC(=N)/C(=C(/C)NCC(=O)Nc1ccc(-c2cnccn2)cn1)c1ccc(N(C)C)nc1. The Morgan fingerprint density at radius 2 is 1.81 bits per heavy atom. The molecule has 3 heterocycles. The van der Waals surface area contributed by atoms with Crippen LogP contribution in [-0.2, 0) is 4.79 Å². The summed E-state index contributed by atoms with van der Waals surface area (Å²) in [4.78, 5) is 31.3. The molecule has 0 atom stereocenters. The number of carbonyl (C=O) groups excluding carboxylic acids is 1. The molecule has 0 aliphatic carbocycles. The normalized spacial score (nSPS) is 11.4. The molecule has 0 spiro atoms. The number of amides is 1. The predicted molar refractivity (Wildman–Crippen MR) is 126 cm³/mol. The number of nitrogens with one attached hydrogen (secondary N) is 3. The Bertz CT molecular complexity index is 1110. The number of allylic oxidation sites excluding steroid dienone is 2. The van der Waals surface area contributed by atoms with Crippen LogP contribution in [0.1, 0.15) is 19.4 Å². The fourth-order valence-electron chi connectivity index (χ4n) is 3.07. The van der Waals surface area contributed by atoms with Gasteiger partial charge in [-0.25, -0.2) is 9.97 Å². The average molecular weight is 431 g/mol. The van der Waals surface area contributed by atoms with Crippen molar-refractivity contribution in [1.29, 1.82) is 5.41 Å².